The van der Waals surface area contributed by atoms with Crippen LogP contribution in [0.25, 0.3) is 0 Å². The van der Waals surface area contributed by atoms with Gasteiger partial charge in [-0.15, -0.1) is 11.3 Å². The Morgan fingerprint density at radius 3 is 2.59 bits per heavy atom. The van der Waals surface area contributed by atoms with Gasteiger partial charge >= 0.3 is 0 Å². The fraction of sp³-hybridized carbons (Fsp3) is 0.769. The molecule has 0 aliphatic heterocycles. The van der Waals surface area contributed by atoms with Crippen LogP contribution in [0.4, 0.5) is 5.13 Å². The summed E-state index contributed by atoms with van der Waals surface area (Å²) in [6.07, 6.45) is 1.99. The summed E-state index contributed by atoms with van der Waals surface area (Å²) in [4.78, 5) is 8.02. The Morgan fingerprint density at radius 2 is 2.00 bits per heavy atom. The first-order valence-corrected chi connectivity index (χ1v) is 7.17. The minimum absolute atomic E-state index is 0.673. The predicted molar refractivity (Wildman–Crippen MR) is 76.8 cm³/mol. The van der Waals surface area contributed by atoms with Gasteiger partial charge in [0.25, 0.3) is 0 Å². The van der Waals surface area contributed by atoms with Crippen LogP contribution in [0.2, 0.25) is 0 Å². The highest BCUT2D eigenvalue weighted by Crippen LogP contribution is 2.21. The predicted octanol–water partition coefficient (Wildman–Crippen LogP) is 2.98. The van der Waals surface area contributed by atoms with E-state index in [0.29, 0.717) is 11.8 Å². The van der Waals surface area contributed by atoms with Crippen molar-refractivity contribution in [3.8, 4) is 0 Å². The van der Waals surface area contributed by atoms with Crippen LogP contribution in [-0.4, -0.2) is 25.1 Å². The highest BCUT2D eigenvalue weighted by Gasteiger charge is 2.08. The van der Waals surface area contributed by atoms with E-state index >= 15 is 0 Å². The lowest BCUT2D eigenvalue weighted by Crippen LogP contribution is -2.22. The van der Waals surface area contributed by atoms with E-state index in [0.717, 1.165) is 24.8 Å². The zero-order valence-corrected chi connectivity index (χ0v) is 12.5. The quantitative estimate of drug-likeness (QED) is 0.812. The largest absolute Gasteiger partial charge is 0.351 e. The molecule has 0 aliphatic carbocycles. The van der Waals surface area contributed by atoms with Crippen molar-refractivity contribution in [1.29, 1.82) is 0 Å². The Hall–Kier alpha value is -0.610. The molecule has 1 heterocycles. The second-order valence-corrected chi connectivity index (χ2v) is 6.50. The molecule has 0 aromatic carbocycles. The maximum atomic E-state index is 4.47. The van der Waals surface area contributed by atoms with Gasteiger partial charge in [-0.1, -0.05) is 27.7 Å². The first kappa shape index (κ1) is 14.5. The van der Waals surface area contributed by atoms with E-state index < -0.39 is 0 Å². The number of hydrogen-bond donors (Lipinski definition) is 1. The molecule has 1 rings (SSSR count). The first-order valence-electron chi connectivity index (χ1n) is 6.35. The summed E-state index contributed by atoms with van der Waals surface area (Å²) in [5, 5.41) is 4.57. The average Bonchev–Trinajstić information content (AvgIpc) is 2.64. The Balaban J connectivity index is 2.42. The highest BCUT2D eigenvalue weighted by molar-refractivity contribution is 7.15. The van der Waals surface area contributed by atoms with Gasteiger partial charge in [-0.2, -0.15) is 0 Å². The topological polar surface area (TPSA) is 28.2 Å². The average molecular weight is 255 g/mol. The van der Waals surface area contributed by atoms with Crippen LogP contribution in [0.5, 0.6) is 0 Å². The lowest BCUT2D eigenvalue weighted by Gasteiger charge is -2.17. The van der Waals surface area contributed by atoms with E-state index in [1.54, 1.807) is 11.3 Å². The standard InChI is InChI=1S/C13H25N3S/c1-10(2)6-14-7-12-8-15-13(17-12)16(5)9-11(3)4/h8,10-11,14H,6-7,9H2,1-5H3. The SMILES string of the molecule is CC(C)CNCc1cnc(N(C)CC(C)C)s1. The summed E-state index contributed by atoms with van der Waals surface area (Å²) in [6.45, 7) is 12.0. The minimum Gasteiger partial charge on any atom is -0.351 e. The summed E-state index contributed by atoms with van der Waals surface area (Å²) in [5.74, 6) is 1.37. The van der Waals surface area contributed by atoms with Crippen LogP contribution in [0.15, 0.2) is 6.20 Å². The molecule has 0 radical (unpaired) electrons. The zero-order chi connectivity index (χ0) is 12.8. The van der Waals surface area contributed by atoms with Crippen molar-refractivity contribution in [2.75, 3.05) is 25.0 Å². The molecule has 0 saturated heterocycles. The summed E-state index contributed by atoms with van der Waals surface area (Å²) in [7, 11) is 2.12. The van der Waals surface area contributed by atoms with Gasteiger partial charge in [-0.05, 0) is 18.4 Å². The number of thiazole rings is 1. The normalized spacial score (nSPS) is 11.5. The van der Waals surface area contributed by atoms with Gasteiger partial charge in [0.05, 0.1) is 0 Å². The first-order chi connectivity index (χ1) is 7.99. The van der Waals surface area contributed by atoms with Crippen molar-refractivity contribution in [1.82, 2.24) is 10.3 Å². The molecule has 98 valence electrons. The Kier molecular flexibility index (Phi) is 5.92. The summed E-state index contributed by atoms with van der Waals surface area (Å²) < 4.78 is 0. The maximum Gasteiger partial charge on any atom is 0.185 e. The van der Waals surface area contributed by atoms with Gasteiger partial charge < -0.3 is 10.2 Å². The third kappa shape index (κ3) is 5.50. The fourth-order valence-electron chi connectivity index (χ4n) is 1.67. The third-order valence-electron chi connectivity index (χ3n) is 2.36. The molecule has 0 atom stereocenters. The molecule has 0 saturated carbocycles. The Morgan fingerprint density at radius 1 is 1.29 bits per heavy atom. The molecule has 0 spiro atoms. The second-order valence-electron chi connectivity index (χ2n) is 5.41. The molecule has 17 heavy (non-hydrogen) atoms. The van der Waals surface area contributed by atoms with E-state index in [9.17, 15) is 0 Å². The molecule has 1 aromatic heterocycles. The number of hydrogen-bond acceptors (Lipinski definition) is 4. The van der Waals surface area contributed by atoms with Crippen molar-refractivity contribution >= 4 is 16.5 Å². The molecule has 0 bridgehead atoms. The molecule has 0 amide bonds. The third-order valence-corrected chi connectivity index (χ3v) is 3.47. The van der Waals surface area contributed by atoms with E-state index in [1.807, 2.05) is 6.20 Å². The van der Waals surface area contributed by atoms with Crippen LogP contribution in [-0.2, 0) is 6.54 Å². The van der Waals surface area contributed by atoms with Crippen molar-refractivity contribution in [2.45, 2.75) is 34.2 Å². The minimum atomic E-state index is 0.673. The Labute approximate surface area is 109 Å². The Bertz CT molecular complexity index is 320. The van der Waals surface area contributed by atoms with Crippen LogP contribution < -0.4 is 10.2 Å². The zero-order valence-electron chi connectivity index (χ0n) is 11.7. The van der Waals surface area contributed by atoms with Gasteiger partial charge in [0.15, 0.2) is 5.13 Å². The molecule has 1 N–H and O–H groups in total. The molecule has 0 unspecified atom stereocenters. The molecule has 0 aliphatic rings. The number of anilines is 1. The molecular formula is C13H25N3S. The van der Waals surface area contributed by atoms with Crippen LogP contribution in [0.3, 0.4) is 0 Å². The van der Waals surface area contributed by atoms with E-state index in [1.165, 1.54) is 4.88 Å². The van der Waals surface area contributed by atoms with Crippen molar-refractivity contribution in [3.05, 3.63) is 11.1 Å². The van der Waals surface area contributed by atoms with Crippen LogP contribution in [0, 0.1) is 11.8 Å². The number of rotatable bonds is 7. The fourth-order valence-corrected chi connectivity index (χ4v) is 2.52. The summed E-state index contributed by atoms with van der Waals surface area (Å²) >= 11 is 1.79. The monoisotopic (exact) mass is 255 g/mol. The van der Waals surface area contributed by atoms with E-state index in [-0.39, 0.29) is 0 Å². The smallest absolute Gasteiger partial charge is 0.185 e. The molecule has 4 heteroatoms. The van der Waals surface area contributed by atoms with Crippen LogP contribution >= 0.6 is 11.3 Å². The number of aromatic nitrogens is 1. The number of nitrogens with one attached hydrogen (secondary N) is 1. The maximum absolute atomic E-state index is 4.47. The lowest BCUT2D eigenvalue weighted by molar-refractivity contribution is 0.554. The molecule has 1 aromatic rings. The molecule has 0 fully saturated rings. The molecule has 3 nitrogen and oxygen atoms in total. The lowest BCUT2D eigenvalue weighted by atomic mass is 10.2. The highest BCUT2D eigenvalue weighted by atomic mass is 32.1. The van der Waals surface area contributed by atoms with Crippen molar-refractivity contribution in [2.24, 2.45) is 11.8 Å². The van der Waals surface area contributed by atoms with Crippen molar-refractivity contribution < 1.29 is 0 Å². The van der Waals surface area contributed by atoms with E-state index in [2.05, 4.69) is 49.9 Å². The van der Waals surface area contributed by atoms with Gasteiger partial charge in [0, 0.05) is 31.2 Å². The second kappa shape index (κ2) is 6.97. The van der Waals surface area contributed by atoms with Gasteiger partial charge in [0.1, 0.15) is 0 Å². The van der Waals surface area contributed by atoms with Crippen molar-refractivity contribution in [3.63, 3.8) is 0 Å². The molecular weight excluding hydrogens is 230 g/mol. The van der Waals surface area contributed by atoms with Crippen LogP contribution in [0.1, 0.15) is 32.6 Å². The summed E-state index contributed by atoms with van der Waals surface area (Å²) in [6, 6.07) is 0. The number of nitrogens with zero attached hydrogens (tertiary/aromatic N) is 2. The van der Waals surface area contributed by atoms with E-state index in [4.69, 9.17) is 0 Å². The van der Waals surface area contributed by atoms with Gasteiger partial charge in [-0.3, -0.25) is 0 Å². The van der Waals surface area contributed by atoms with Gasteiger partial charge in [0.2, 0.25) is 0 Å². The summed E-state index contributed by atoms with van der Waals surface area (Å²) in [5.41, 5.74) is 0. The van der Waals surface area contributed by atoms with Gasteiger partial charge in [-0.25, -0.2) is 4.98 Å².